The van der Waals surface area contributed by atoms with E-state index >= 15 is 0 Å². The molecule has 0 saturated heterocycles. The van der Waals surface area contributed by atoms with Gasteiger partial charge in [-0.1, -0.05) is 6.04 Å². The summed E-state index contributed by atoms with van der Waals surface area (Å²) in [5.74, 6) is -1.16. The highest BCUT2D eigenvalue weighted by Crippen LogP contribution is 2.31. The van der Waals surface area contributed by atoms with Crippen molar-refractivity contribution in [2.45, 2.75) is 38.7 Å². The number of benzene rings is 1. The minimum absolute atomic E-state index is 0.0411. The fourth-order valence-corrected chi connectivity index (χ4v) is 3.50. The first-order chi connectivity index (χ1) is 9.51. The number of carbonyl (C=O) groups is 1. The van der Waals surface area contributed by atoms with E-state index in [9.17, 15) is 13.6 Å². The van der Waals surface area contributed by atoms with Crippen molar-refractivity contribution in [1.82, 2.24) is 0 Å². The zero-order valence-electron chi connectivity index (χ0n) is 11.9. The quantitative estimate of drug-likeness (QED) is 0.487. The fraction of sp³-hybridized carbons (Fsp3) is 0.533. The van der Waals surface area contributed by atoms with Crippen LogP contribution in [0.25, 0.3) is 0 Å². The average molecular weight is 298 g/mol. The molecule has 1 aromatic carbocycles. The Morgan fingerprint density at radius 2 is 1.80 bits per heavy atom. The van der Waals surface area contributed by atoms with E-state index in [0.717, 1.165) is 43.7 Å². The largest absolute Gasteiger partial charge is 0.426 e. The van der Waals surface area contributed by atoms with Crippen LogP contribution >= 0.6 is 0 Å². The van der Waals surface area contributed by atoms with Gasteiger partial charge in [0.05, 0.1) is 5.92 Å². The molecule has 0 atom stereocenters. The van der Waals surface area contributed by atoms with Crippen molar-refractivity contribution in [2.75, 3.05) is 0 Å². The molecule has 0 unspecified atom stereocenters. The van der Waals surface area contributed by atoms with Crippen molar-refractivity contribution < 1.29 is 18.3 Å². The normalized spacial score (nSPS) is 22.8. The Balaban J connectivity index is 1.98. The number of rotatable bonds is 3. The van der Waals surface area contributed by atoms with E-state index in [-0.39, 0.29) is 23.2 Å². The lowest BCUT2D eigenvalue weighted by molar-refractivity contribution is -0.140. The smallest absolute Gasteiger partial charge is 0.314 e. The molecule has 0 radical (unpaired) electrons. The van der Waals surface area contributed by atoms with Gasteiger partial charge in [-0.15, -0.1) is 0 Å². The van der Waals surface area contributed by atoms with Crippen molar-refractivity contribution in [3.63, 3.8) is 0 Å². The summed E-state index contributed by atoms with van der Waals surface area (Å²) in [7, 11) is 1.20. The van der Waals surface area contributed by atoms with Crippen LogP contribution in [0.4, 0.5) is 8.78 Å². The number of halogens is 2. The maximum atomic E-state index is 13.4. The molecule has 0 spiro atoms. The number of ether oxygens (including phenoxy) is 1. The van der Waals surface area contributed by atoms with Gasteiger partial charge in [0.15, 0.2) is 0 Å². The van der Waals surface area contributed by atoms with Crippen LogP contribution in [-0.4, -0.2) is 16.2 Å². The van der Waals surface area contributed by atoms with Crippen molar-refractivity contribution in [2.24, 2.45) is 11.8 Å². The Labute approximate surface area is 120 Å². The molecule has 1 fully saturated rings. The Hall–Kier alpha value is -1.23. The van der Waals surface area contributed by atoms with Gasteiger partial charge in [0.1, 0.15) is 17.4 Å². The number of hydrogen-bond acceptors (Lipinski definition) is 2. The van der Waals surface area contributed by atoms with Gasteiger partial charge < -0.3 is 4.74 Å². The van der Waals surface area contributed by atoms with E-state index in [1.807, 2.05) is 0 Å². The maximum absolute atomic E-state index is 13.4. The molecule has 2 nitrogen and oxygen atoms in total. The highest BCUT2D eigenvalue weighted by atomic mass is 28.1. The second-order valence-electron chi connectivity index (χ2n) is 5.56. The van der Waals surface area contributed by atoms with Gasteiger partial charge in [0, 0.05) is 27.9 Å². The van der Waals surface area contributed by atoms with Gasteiger partial charge in [0.2, 0.25) is 0 Å². The Bertz CT molecular complexity index is 474. The van der Waals surface area contributed by atoms with E-state index in [0.29, 0.717) is 0 Å². The first kappa shape index (κ1) is 15.2. The highest BCUT2D eigenvalue weighted by molar-refractivity contribution is 6.08. The van der Waals surface area contributed by atoms with Gasteiger partial charge in [-0.2, -0.15) is 0 Å². The third-order valence-electron chi connectivity index (χ3n) is 4.23. The van der Waals surface area contributed by atoms with Gasteiger partial charge >= 0.3 is 5.97 Å². The molecule has 0 N–H and O–H groups in total. The molecule has 2 rings (SSSR count). The second-order valence-corrected chi connectivity index (χ2v) is 6.38. The lowest BCUT2D eigenvalue weighted by Crippen LogP contribution is -2.25. The molecule has 0 aromatic heterocycles. The Morgan fingerprint density at radius 1 is 1.25 bits per heavy atom. The van der Waals surface area contributed by atoms with Crippen LogP contribution in [0.2, 0.25) is 6.04 Å². The first-order valence-electron chi connectivity index (χ1n) is 7.18. The predicted octanol–water partition coefficient (Wildman–Crippen LogP) is 2.77. The van der Waals surface area contributed by atoms with Crippen LogP contribution in [0.3, 0.4) is 0 Å². The molecule has 1 aromatic rings. The highest BCUT2D eigenvalue weighted by Gasteiger charge is 2.27. The Kier molecular flexibility index (Phi) is 4.91. The molecule has 20 heavy (non-hydrogen) atoms. The summed E-state index contributed by atoms with van der Waals surface area (Å²) < 4.78 is 31.9. The minimum Gasteiger partial charge on any atom is -0.426 e. The summed E-state index contributed by atoms with van der Waals surface area (Å²) in [5, 5.41) is 0. The molecule has 1 aliphatic carbocycles. The van der Waals surface area contributed by atoms with Crippen LogP contribution in [0.5, 0.6) is 5.75 Å². The molecular weight excluding hydrogens is 278 g/mol. The van der Waals surface area contributed by atoms with E-state index in [1.54, 1.807) is 0 Å². The lowest BCUT2D eigenvalue weighted by atomic mass is 9.83. The topological polar surface area (TPSA) is 26.3 Å². The Morgan fingerprint density at radius 3 is 2.30 bits per heavy atom. The number of hydrogen-bond donors (Lipinski definition) is 0. The molecule has 0 aliphatic heterocycles. The number of esters is 1. The summed E-state index contributed by atoms with van der Waals surface area (Å²) in [4.78, 5) is 12.0. The SMILES string of the molecule is Cc1c(F)cc(OC(=O)C2CCC(C[SiH3])CC2)cc1F. The summed E-state index contributed by atoms with van der Waals surface area (Å²) >= 11 is 0. The standard InChI is InChI=1S/C15H20F2O2Si/c1-9-13(16)6-12(7-14(9)17)19-15(18)11-4-2-10(8-20)3-5-11/h6-7,10-11H,2-5,8H2,1,20H3. The zero-order chi connectivity index (χ0) is 14.7. The molecule has 0 bridgehead atoms. The van der Waals surface area contributed by atoms with Crippen LogP contribution < -0.4 is 4.74 Å². The van der Waals surface area contributed by atoms with Crippen LogP contribution in [-0.2, 0) is 4.79 Å². The molecular formula is C15H20F2O2Si. The summed E-state index contributed by atoms with van der Waals surface area (Å²) in [6.07, 6.45) is 3.75. The monoisotopic (exact) mass is 298 g/mol. The van der Waals surface area contributed by atoms with Crippen molar-refractivity contribution >= 4 is 16.2 Å². The second kappa shape index (κ2) is 6.48. The van der Waals surface area contributed by atoms with Crippen molar-refractivity contribution in [3.8, 4) is 5.75 Å². The minimum atomic E-state index is -0.688. The molecule has 1 saturated carbocycles. The van der Waals surface area contributed by atoms with E-state index in [2.05, 4.69) is 0 Å². The van der Waals surface area contributed by atoms with Crippen molar-refractivity contribution in [3.05, 3.63) is 29.3 Å². The lowest BCUT2D eigenvalue weighted by Gasteiger charge is -2.26. The molecule has 110 valence electrons. The molecule has 0 heterocycles. The van der Waals surface area contributed by atoms with E-state index in [4.69, 9.17) is 4.74 Å². The van der Waals surface area contributed by atoms with Crippen LogP contribution in [0.1, 0.15) is 31.2 Å². The van der Waals surface area contributed by atoms with Gasteiger partial charge in [0.25, 0.3) is 0 Å². The maximum Gasteiger partial charge on any atom is 0.314 e. The van der Waals surface area contributed by atoms with E-state index in [1.165, 1.54) is 23.2 Å². The average Bonchev–Trinajstić information content (AvgIpc) is 2.44. The fourth-order valence-electron chi connectivity index (χ4n) is 2.69. The molecule has 0 amide bonds. The first-order valence-corrected chi connectivity index (χ1v) is 8.60. The van der Waals surface area contributed by atoms with Gasteiger partial charge in [-0.3, -0.25) is 4.79 Å². The van der Waals surface area contributed by atoms with Crippen molar-refractivity contribution in [1.29, 1.82) is 0 Å². The molecule has 1 aliphatic rings. The summed E-state index contributed by atoms with van der Waals surface area (Å²) in [6.45, 7) is 1.35. The predicted molar refractivity (Wildman–Crippen MR) is 76.9 cm³/mol. The van der Waals surface area contributed by atoms with Crippen LogP contribution in [0, 0.1) is 30.4 Å². The van der Waals surface area contributed by atoms with Crippen LogP contribution in [0.15, 0.2) is 12.1 Å². The number of carbonyl (C=O) groups excluding carboxylic acids is 1. The molecule has 5 heteroatoms. The third kappa shape index (κ3) is 3.45. The zero-order valence-corrected chi connectivity index (χ0v) is 13.9. The summed E-state index contributed by atoms with van der Waals surface area (Å²) in [5.41, 5.74) is -0.0579. The summed E-state index contributed by atoms with van der Waals surface area (Å²) in [6, 6.07) is 3.41. The van der Waals surface area contributed by atoms with Gasteiger partial charge in [-0.25, -0.2) is 8.78 Å². The third-order valence-corrected chi connectivity index (χ3v) is 5.39. The van der Waals surface area contributed by atoms with E-state index < -0.39 is 11.6 Å². The van der Waals surface area contributed by atoms with Gasteiger partial charge in [-0.05, 0) is 38.5 Å².